The first-order chi connectivity index (χ1) is 16.2. The number of H-pyrrole nitrogens is 1. The topological polar surface area (TPSA) is 168 Å². The van der Waals surface area contributed by atoms with Crippen LogP contribution in [0.25, 0.3) is 22.2 Å². The highest BCUT2D eigenvalue weighted by Gasteiger charge is 2.23. The fourth-order valence-electron chi connectivity index (χ4n) is 3.17. The Kier molecular flexibility index (Phi) is 6.04. The van der Waals surface area contributed by atoms with Crippen LogP contribution in [-0.4, -0.2) is 42.6 Å². The van der Waals surface area contributed by atoms with Crippen LogP contribution in [0, 0.1) is 0 Å². The van der Waals surface area contributed by atoms with E-state index in [-0.39, 0.29) is 22.0 Å². The number of fused-ring (bicyclic) bond motifs is 1. The van der Waals surface area contributed by atoms with Crippen LogP contribution in [-0.2, 0) is 14.8 Å². The lowest BCUT2D eigenvalue weighted by molar-refractivity contribution is 0.0590. The molecule has 13 heteroatoms. The third-order valence-corrected chi connectivity index (χ3v) is 6.84. The number of sulfonamides is 1. The number of ether oxygens (including phenoxy) is 1. The largest absolute Gasteiger partial charge is 0.501 e. The number of aromatic amines is 1. The number of nitrogens with one attached hydrogen (secondary N) is 3. The van der Waals surface area contributed by atoms with Gasteiger partial charge in [-0.05, 0) is 11.5 Å². The average Bonchev–Trinajstić information content (AvgIpc) is 3.27. The summed E-state index contributed by atoms with van der Waals surface area (Å²) >= 11 is 1.12. The Balaban J connectivity index is 1.62. The molecule has 2 heterocycles. The number of methoxy groups -OCH3 is 1. The molecule has 0 saturated carbocycles. The van der Waals surface area contributed by atoms with Crippen LogP contribution in [0.15, 0.2) is 62.9 Å². The summed E-state index contributed by atoms with van der Waals surface area (Å²) in [6, 6.07) is 10.5. The van der Waals surface area contributed by atoms with Crippen LogP contribution in [0.5, 0.6) is 5.75 Å². The van der Waals surface area contributed by atoms with Crippen LogP contribution >= 0.6 is 11.3 Å². The second-order valence-corrected chi connectivity index (χ2v) is 9.23. The number of hydrogen-bond donors (Lipinski definition) is 4. The lowest BCUT2D eigenvalue weighted by atomic mass is 10.1. The molecule has 2 amide bonds. The van der Waals surface area contributed by atoms with Gasteiger partial charge in [0.25, 0.3) is 15.6 Å². The number of esters is 1. The monoisotopic (exact) mass is 500 g/mol. The molecule has 4 aromatic rings. The summed E-state index contributed by atoms with van der Waals surface area (Å²) in [7, 11) is -3.17. The van der Waals surface area contributed by atoms with E-state index in [1.54, 1.807) is 36.4 Å². The van der Waals surface area contributed by atoms with Gasteiger partial charge in [-0.2, -0.15) is 0 Å². The number of thiophene rings is 1. The van der Waals surface area contributed by atoms with E-state index in [1.807, 2.05) is 4.72 Å². The molecule has 34 heavy (non-hydrogen) atoms. The first-order valence-electron chi connectivity index (χ1n) is 9.51. The maximum Gasteiger partial charge on any atom is 0.360 e. The van der Waals surface area contributed by atoms with E-state index in [4.69, 9.17) is 0 Å². The van der Waals surface area contributed by atoms with Gasteiger partial charge in [0, 0.05) is 16.1 Å². The van der Waals surface area contributed by atoms with Crippen molar-refractivity contribution >= 4 is 49.8 Å². The molecule has 174 valence electrons. The van der Waals surface area contributed by atoms with Gasteiger partial charge in [-0.3, -0.25) is 4.79 Å². The van der Waals surface area contributed by atoms with Crippen molar-refractivity contribution < 1.29 is 27.9 Å². The van der Waals surface area contributed by atoms with Gasteiger partial charge in [-0.1, -0.05) is 36.4 Å². The predicted octanol–water partition coefficient (Wildman–Crippen LogP) is 2.65. The summed E-state index contributed by atoms with van der Waals surface area (Å²) in [5, 5.41) is 16.3. The summed E-state index contributed by atoms with van der Waals surface area (Å²) < 4.78 is 32.2. The molecule has 0 saturated heterocycles. The van der Waals surface area contributed by atoms with E-state index in [0.717, 1.165) is 18.4 Å². The van der Waals surface area contributed by atoms with Crippen molar-refractivity contribution in [2.45, 2.75) is 4.90 Å². The Morgan fingerprint density at radius 1 is 1.12 bits per heavy atom. The maximum atomic E-state index is 12.9. The molecular formula is C21H16N4O7S2. The van der Waals surface area contributed by atoms with Crippen molar-refractivity contribution in [2.24, 2.45) is 0 Å². The quantitative estimate of drug-likeness (QED) is 0.303. The normalized spacial score (nSPS) is 11.2. The van der Waals surface area contributed by atoms with Crippen molar-refractivity contribution in [2.75, 3.05) is 12.4 Å². The molecule has 0 aliphatic carbocycles. The van der Waals surface area contributed by atoms with Crippen LogP contribution in [0.1, 0.15) is 10.5 Å². The van der Waals surface area contributed by atoms with E-state index in [2.05, 4.69) is 20.0 Å². The molecule has 0 radical (unpaired) electrons. The summed E-state index contributed by atoms with van der Waals surface area (Å²) in [6.45, 7) is 0. The molecule has 11 nitrogen and oxygen atoms in total. The van der Waals surface area contributed by atoms with Crippen LogP contribution < -0.4 is 15.6 Å². The fourth-order valence-corrected chi connectivity index (χ4v) is 5.07. The standard InChI is InChI=1S/C21H16N4O7S2/c1-32-20(28)16-17(26)19(27)24-18(23-16)13-9-33-10-14(13)22-21(29)25-34(30,31)15-8-4-6-11-5-2-3-7-12(11)15/h2-10,26H,1H3,(H2,22,25,29)(H,23,24,27). The highest BCUT2D eigenvalue weighted by molar-refractivity contribution is 7.90. The Hall–Kier alpha value is -4.23. The number of carbonyl (C=O) groups excluding carboxylic acids is 2. The molecule has 2 aromatic heterocycles. The second-order valence-electron chi connectivity index (χ2n) is 6.84. The highest BCUT2D eigenvalue weighted by Crippen LogP contribution is 2.30. The van der Waals surface area contributed by atoms with Gasteiger partial charge in [0.15, 0.2) is 5.69 Å². The number of hydrogen-bond acceptors (Lipinski definition) is 9. The second kappa shape index (κ2) is 8.96. The number of carbonyl (C=O) groups is 2. The van der Waals surface area contributed by atoms with Crippen molar-refractivity contribution in [3.05, 3.63) is 69.3 Å². The minimum Gasteiger partial charge on any atom is -0.501 e. The van der Waals surface area contributed by atoms with Crippen LogP contribution in [0.2, 0.25) is 0 Å². The summed E-state index contributed by atoms with van der Waals surface area (Å²) in [6.07, 6.45) is 0. The van der Waals surface area contributed by atoms with Gasteiger partial charge in [0.05, 0.1) is 23.3 Å². The Morgan fingerprint density at radius 3 is 2.62 bits per heavy atom. The average molecular weight is 501 g/mol. The smallest absolute Gasteiger partial charge is 0.360 e. The molecule has 4 rings (SSSR count). The summed E-state index contributed by atoms with van der Waals surface area (Å²) in [5.41, 5.74) is -1.31. The molecule has 0 bridgehead atoms. The van der Waals surface area contributed by atoms with Crippen molar-refractivity contribution in [1.29, 1.82) is 0 Å². The molecule has 2 aromatic carbocycles. The number of rotatable bonds is 5. The van der Waals surface area contributed by atoms with Gasteiger partial charge in [-0.15, -0.1) is 11.3 Å². The Bertz CT molecular complexity index is 1590. The van der Waals surface area contributed by atoms with Crippen molar-refractivity contribution in [1.82, 2.24) is 14.7 Å². The van der Waals surface area contributed by atoms with Crippen LogP contribution in [0.3, 0.4) is 0 Å². The molecule has 0 spiro atoms. The zero-order valence-electron chi connectivity index (χ0n) is 17.4. The predicted molar refractivity (Wildman–Crippen MR) is 124 cm³/mol. The molecule has 0 unspecified atom stereocenters. The van der Waals surface area contributed by atoms with E-state index in [1.165, 1.54) is 16.8 Å². The maximum absolute atomic E-state index is 12.9. The van der Waals surface area contributed by atoms with Crippen molar-refractivity contribution in [3.8, 4) is 17.1 Å². The van der Waals surface area contributed by atoms with E-state index in [0.29, 0.717) is 10.8 Å². The minimum atomic E-state index is -4.23. The third-order valence-electron chi connectivity index (χ3n) is 4.71. The fraction of sp³-hybridized carbons (Fsp3) is 0.0476. The van der Waals surface area contributed by atoms with Gasteiger partial charge in [-0.25, -0.2) is 27.7 Å². The number of anilines is 1. The summed E-state index contributed by atoms with van der Waals surface area (Å²) in [4.78, 5) is 42.5. The van der Waals surface area contributed by atoms with Crippen molar-refractivity contribution in [3.63, 3.8) is 0 Å². The van der Waals surface area contributed by atoms with Gasteiger partial charge in [0.1, 0.15) is 5.82 Å². The zero-order valence-corrected chi connectivity index (χ0v) is 19.0. The number of urea groups is 1. The first kappa shape index (κ1) is 22.9. The summed E-state index contributed by atoms with van der Waals surface area (Å²) in [5.74, 6) is -2.09. The lowest BCUT2D eigenvalue weighted by Crippen LogP contribution is -2.34. The Labute approximate surface area is 196 Å². The van der Waals surface area contributed by atoms with E-state index >= 15 is 0 Å². The number of amides is 2. The van der Waals surface area contributed by atoms with E-state index < -0.39 is 39.0 Å². The van der Waals surface area contributed by atoms with E-state index in [9.17, 15) is 27.9 Å². The zero-order chi connectivity index (χ0) is 24.5. The molecule has 4 N–H and O–H groups in total. The number of aromatic hydroxyl groups is 1. The van der Waals surface area contributed by atoms with Gasteiger partial charge in [0.2, 0.25) is 5.75 Å². The highest BCUT2D eigenvalue weighted by atomic mass is 32.2. The molecule has 0 fully saturated rings. The van der Waals surface area contributed by atoms with Crippen LogP contribution in [0.4, 0.5) is 10.5 Å². The molecule has 0 aliphatic heterocycles. The number of nitrogens with zero attached hydrogens (tertiary/aromatic N) is 1. The minimum absolute atomic E-state index is 0.0708. The Morgan fingerprint density at radius 2 is 1.85 bits per heavy atom. The SMILES string of the molecule is COC(=O)c1nc(-c2cscc2NC(=O)NS(=O)(=O)c2cccc3ccccc23)[nH]c(=O)c1O. The number of aromatic nitrogens is 2. The van der Waals surface area contributed by atoms with Gasteiger partial charge < -0.3 is 20.1 Å². The lowest BCUT2D eigenvalue weighted by Gasteiger charge is -2.11. The molecular weight excluding hydrogens is 484 g/mol. The third kappa shape index (κ3) is 4.33. The number of benzene rings is 2. The van der Waals surface area contributed by atoms with Gasteiger partial charge >= 0.3 is 12.0 Å². The molecule has 0 aliphatic rings. The molecule has 0 atom stereocenters. The first-order valence-corrected chi connectivity index (χ1v) is 11.9.